The van der Waals surface area contributed by atoms with E-state index >= 15 is 0 Å². The SMILES string of the molecule is CCc1nc(Cl)cc(N2CCC3(CC2)CC(=O)c2cc(C)c(C)cc2O3)n1. The summed E-state index contributed by atoms with van der Waals surface area (Å²) in [5.41, 5.74) is 2.59. The zero-order valence-electron chi connectivity index (χ0n) is 16.0. The Morgan fingerprint density at radius 3 is 2.56 bits per heavy atom. The summed E-state index contributed by atoms with van der Waals surface area (Å²) in [4.78, 5) is 23.8. The number of hydrogen-bond acceptors (Lipinski definition) is 5. The second-order valence-electron chi connectivity index (χ2n) is 7.62. The number of rotatable bonds is 2. The Labute approximate surface area is 164 Å². The topological polar surface area (TPSA) is 55.3 Å². The Hall–Kier alpha value is -2.14. The summed E-state index contributed by atoms with van der Waals surface area (Å²) >= 11 is 6.15. The van der Waals surface area contributed by atoms with Crippen molar-refractivity contribution in [2.45, 2.75) is 52.1 Å². The average molecular weight is 386 g/mol. The van der Waals surface area contributed by atoms with Crippen LogP contribution in [0.15, 0.2) is 18.2 Å². The molecule has 6 heteroatoms. The van der Waals surface area contributed by atoms with Crippen LogP contribution in [0, 0.1) is 13.8 Å². The highest BCUT2D eigenvalue weighted by molar-refractivity contribution is 6.29. The predicted octanol–water partition coefficient (Wildman–Crippen LogP) is 4.31. The van der Waals surface area contributed by atoms with Gasteiger partial charge in [0.15, 0.2) is 5.78 Å². The van der Waals surface area contributed by atoms with E-state index in [0.29, 0.717) is 11.6 Å². The molecule has 0 N–H and O–H groups in total. The van der Waals surface area contributed by atoms with Crippen molar-refractivity contribution >= 4 is 23.2 Å². The van der Waals surface area contributed by atoms with E-state index in [2.05, 4.69) is 21.8 Å². The third kappa shape index (κ3) is 3.41. The van der Waals surface area contributed by atoms with Crippen molar-refractivity contribution in [1.29, 1.82) is 0 Å². The summed E-state index contributed by atoms with van der Waals surface area (Å²) < 4.78 is 6.41. The average Bonchev–Trinajstić information content (AvgIpc) is 2.63. The summed E-state index contributed by atoms with van der Waals surface area (Å²) in [6, 6.07) is 5.78. The standard InChI is InChI=1S/C21H24ClN3O2/c1-4-19-23-18(22)11-20(24-19)25-7-5-21(6-8-25)12-16(26)15-9-13(2)14(3)10-17(15)27-21/h9-11H,4-8,12H2,1-3H3. The number of benzene rings is 1. The van der Waals surface area contributed by atoms with E-state index in [1.165, 1.54) is 0 Å². The van der Waals surface area contributed by atoms with E-state index in [0.717, 1.165) is 66.4 Å². The van der Waals surface area contributed by atoms with Gasteiger partial charge in [-0.05, 0) is 37.1 Å². The second-order valence-corrected chi connectivity index (χ2v) is 8.01. The lowest BCUT2D eigenvalue weighted by Gasteiger charge is -2.44. The monoisotopic (exact) mass is 385 g/mol. The van der Waals surface area contributed by atoms with Gasteiger partial charge in [0.1, 0.15) is 28.1 Å². The smallest absolute Gasteiger partial charge is 0.170 e. The highest BCUT2D eigenvalue weighted by Crippen LogP contribution is 2.41. The number of aryl methyl sites for hydroxylation is 3. The van der Waals surface area contributed by atoms with Gasteiger partial charge >= 0.3 is 0 Å². The molecule has 0 unspecified atom stereocenters. The number of nitrogens with zero attached hydrogens (tertiary/aromatic N) is 3. The Balaban J connectivity index is 1.54. The van der Waals surface area contributed by atoms with Gasteiger partial charge in [-0.3, -0.25) is 4.79 Å². The van der Waals surface area contributed by atoms with Crippen molar-refractivity contribution in [3.63, 3.8) is 0 Å². The summed E-state index contributed by atoms with van der Waals surface area (Å²) in [7, 11) is 0. The number of anilines is 1. The lowest BCUT2D eigenvalue weighted by molar-refractivity contribution is 0.0230. The number of aromatic nitrogens is 2. The van der Waals surface area contributed by atoms with Crippen molar-refractivity contribution in [3.05, 3.63) is 45.9 Å². The van der Waals surface area contributed by atoms with Crippen molar-refractivity contribution in [1.82, 2.24) is 9.97 Å². The van der Waals surface area contributed by atoms with Gasteiger partial charge in [0.25, 0.3) is 0 Å². The number of Topliss-reactive ketones (excluding diaryl/α,β-unsaturated/α-hetero) is 1. The van der Waals surface area contributed by atoms with Gasteiger partial charge in [0, 0.05) is 38.4 Å². The van der Waals surface area contributed by atoms with Crippen LogP contribution in [0.5, 0.6) is 5.75 Å². The molecule has 2 aliphatic rings. The normalized spacial score (nSPS) is 18.4. The second kappa shape index (κ2) is 6.79. The van der Waals surface area contributed by atoms with E-state index < -0.39 is 5.60 Å². The largest absolute Gasteiger partial charge is 0.486 e. The van der Waals surface area contributed by atoms with Gasteiger partial charge in [0.05, 0.1) is 12.0 Å². The van der Waals surface area contributed by atoms with Crippen LogP contribution >= 0.6 is 11.6 Å². The third-order valence-electron chi connectivity index (χ3n) is 5.75. The molecule has 0 amide bonds. The maximum Gasteiger partial charge on any atom is 0.170 e. The zero-order valence-corrected chi connectivity index (χ0v) is 16.8. The Morgan fingerprint density at radius 2 is 1.85 bits per heavy atom. The minimum absolute atomic E-state index is 0.186. The molecule has 4 rings (SSSR count). The summed E-state index contributed by atoms with van der Waals surface area (Å²) in [6.45, 7) is 7.66. The summed E-state index contributed by atoms with van der Waals surface area (Å²) in [5, 5.41) is 0.473. The molecule has 0 radical (unpaired) electrons. The van der Waals surface area contributed by atoms with Crippen LogP contribution < -0.4 is 9.64 Å². The number of hydrogen-bond donors (Lipinski definition) is 0. The van der Waals surface area contributed by atoms with Crippen LogP contribution in [0.2, 0.25) is 5.15 Å². The molecule has 1 spiro atoms. The number of ketones is 1. The highest BCUT2D eigenvalue weighted by Gasteiger charge is 2.43. The number of carbonyl (C=O) groups excluding carboxylic acids is 1. The lowest BCUT2D eigenvalue weighted by Crippen LogP contribution is -2.51. The fourth-order valence-corrected chi connectivity index (χ4v) is 4.14. The molecule has 2 aliphatic heterocycles. The minimum Gasteiger partial charge on any atom is -0.486 e. The molecular weight excluding hydrogens is 362 g/mol. The molecule has 0 aliphatic carbocycles. The number of halogens is 1. The van der Waals surface area contributed by atoms with E-state index in [4.69, 9.17) is 16.3 Å². The molecule has 1 fully saturated rings. The van der Waals surface area contributed by atoms with Crippen LogP contribution in [-0.2, 0) is 6.42 Å². The van der Waals surface area contributed by atoms with Crippen LogP contribution in [0.1, 0.15) is 53.5 Å². The maximum absolute atomic E-state index is 12.8. The molecular formula is C21H24ClN3O2. The van der Waals surface area contributed by atoms with Crippen molar-refractivity contribution in [2.24, 2.45) is 0 Å². The van der Waals surface area contributed by atoms with E-state index in [1.807, 2.05) is 32.0 Å². The molecule has 27 heavy (non-hydrogen) atoms. The van der Waals surface area contributed by atoms with Gasteiger partial charge in [-0.25, -0.2) is 9.97 Å². The van der Waals surface area contributed by atoms with E-state index in [-0.39, 0.29) is 5.78 Å². The molecule has 3 heterocycles. The van der Waals surface area contributed by atoms with Gasteiger partial charge in [-0.1, -0.05) is 18.5 Å². The Kier molecular flexibility index (Phi) is 4.58. The maximum atomic E-state index is 12.8. The molecule has 0 saturated carbocycles. The molecule has 5 nitrogen and oxygen atoms in total. The Morgan fingerprint density at radius 1 is 1.15 bits per heavy atom. The fourth-order valence-electron chi connectivity index (χ4n) is 3.94. The molecule has 0 bridgehead atoms. The fraction of sp³-hybridized carbons (Fsp3) is 0.476. The number of fused-ring (bicyclic) bond motifs is 1. The number of ether oxygens (including phenoxy) is 1. The van der Waals surface area contributed by atoms with Gasteiger partial charge in [-0.2, -0.15) is 0 Å². The zero-order chi connectivity index (χ0) is 19.2. The van der Waals surface area contributed by atoms with Crippen LogP contribution in [0.3, 0.4) is 0 Å². The molecule has 1 aromatic carbocycles. The lowest BCUT2D eigenvalue weighted by atomic mass is 9.82. The minimum atomic E-state index is -0.410. The van der Waals surface area contributed by atoms with Gasteiger partial charge in [0.2, 0.25) is 0 Å². The third-order valence-corrected chi connectivity index (χ3v) is 5.94. The first-order valence-corrected chi connectivity index (χ1v) is 9.89. The molecule has 1 aromatic heterocycles. The molecule has 0 atom stereocenters. The quantitative estimate of drug-likeness (QED) is 0.721. The van der Waals surface area contributed by atoms with Crippen molar-refractivity contribution < 1.29 is 9.53 Å². The summed E-state index contributed by atoms with van der Waals surface area (Å²) in [5.74, 6) is 2.53. The summed E-state index contributed by atoms with van der Waals surface area (Å²) in [6.07, 6.45) is 2.77. The van der Waals surface area contributed by atoms with Crippen LogP contribution in [-0.4, -0.2) is 34.4 Å². The van der Waals surface area contributed by atoms with Crippen molar-refractivity contribution in [2.75, 3.05) is 18.0 Å². The molecule has 2 aromatic rings. The first-order valence-electron chi connectivity index (χ1n) is 9.51. The van der Waals surface area contributed by atoms with Gasteiger partial charge < -0.3 is 9.64 Å². The number of carbonyl (C=O) groups is 1. The van der Waals surface area contributed by atoms with Crippen LogP contribution in [0.25, 0.3) is 0 Å². The first kappa shape index (κ1) is 18.2. The predicted molar refractivity (Wildman–Crippen MR) is 106 cm³/mol. The molecule has 1 saturated heterocycles. The number of piperidine rings is 1. The Bertz CT molecular complexity index is 905. The van der Waals surface area contributed by atoms with Gasteiger partial charge in [-0.15, -0.1) is 0 Å². The molecule has 142 valence electrons. The van der Waals surface area contributed by atoms with Crippen molar-refractivity contribution in [3.8, 4) is 5.75 Å². The van der Waals surface area contributed by atoms with Crippen LogP contribution in [0.4, 0.5) is 5.82 Å². The van der Waals surface area contributed by atoms with E-state index in [1.54, 1.807) is 0 Å². The van der Waals surface area contributed by atoms with E-state index in [9.17, 15) is 4.79 Å². The first-order chi connectivity index (χ1) is 12.9. The highest BCUT2D eigenvalue weighted by atomic mass is 35.5.